The van der Waals surface area contributed by atoms with Crippen molar-refractivity contribution in [3.05, 3.63) is 65.5 Å². The summed E-state index contributed by atoms with van der Waals surface area (Å²) < 4.78 is 0. The van der Waals surface area contributed by atoms with Crippen molar-refractivity contribution in [3.8, 4) is 0 Å². The van der Waals surface area contributed by atoms with Crippen LogP contribution in [0.25, 0.3) is 0 Å². The minimum absolute atomic E-state index is 0.0218. The van der Waals surface area contributed by atoms with E-state index in [1.807, 2.05) is 61.3 Å². The zero-order valence-electron chi connectivity index (χ0n) is 16.8. The molecule has 1 saturated heterocycles. The highest BCUT2D eigenvalue weighted by Gasteiger charge is 2.28. The number of carbonyl (C=O) groups is 2. The molecule has 0 radical (unpaired) electrons. The van der Waals surface area contributed by atoms with E-state index in [-0.39, 0.29) is 23.8 Å². The highest BCUT2D eigenvalue weighted by atomic mass is 16.2. The number of benzene rings is 1. The fourth-order valence-electron chi connectivity index (χ4n) is 3.53. The minimum Gasteiger partial charge on any atom is -0.341 e. The summed E-state index contributed by atoms with van der Waals surface area (Å²) in [6.07, 6.45) is 3.56. The van der Waals surface area contributed by atoms with Crippen LogP contribution in [0, 0.1) is 5.92 Å². The van der Waals surface area contributed by atoms with Crippen molar-refractivity contribution in [1.82, 2.24) is 20.1 Å². The number of pyridine rings is 1. The number of hydrogen-bond donors (Lipinski definition) is 1. The molecule has 2 heterocycles. The first kappa shape index (κ1) is 20.0. The summed E-state index contributed by atoms with van der Waals surface area (Å²) in [5.41, 5.74) is 2.71. The molecule has 1 atom stereocenters. The Balaban J connectivity index is 1.72. The van der Waals surface area contributed by atoms with Gasteiger partial charge in [0.1, 0.15) is 0 Å². The predicted molar refractivity (Wildman–Crippen MR) is 109 cm³/mol. The summed E-state index contributed by atoms with van der Waals surface area (Å²) in [5, 5.41) is 3.36. The molecular weight excluding hydrogens is 352 g/mol. The zero-order chi connectivity index (χ0) is 20.1. The Hall–Kier alpha value is -2.73. The molecule has 3 rings (SSSR count). The molecule has 0 bridgehead atoms. The van der Waals surface area contributed by atoms with Crippen LogP contribution < -0.4 is 5.32 Å². The van der Waals surface area contributed by atoms with E-state index in [1.54, 1.807) is 18.1 Å². The first-order valence-corrected chi connectivity index (χ1v) is 9.73. The average molecular weight is 380 g/mol. The lowest BCUT2D eigenvalue weighted by molar-refractivity contribution is -0.133. The summed E-state index contributed by atoms with van der Waals surface area (Å²) in [5.74, 6) is 0.108. The average Bonchev–Trinajstić information content (AvgIpc) is 2.73. The molecule has 148 valence electrons. The molecule has 1 aromatic heterocycles. The SMILES string of the molecule is CC(C)C(=O)N(C)Cc1ccc(C(=O)N2CCNCC2c2cccnc2)cc1. The Morgan fingerprint density at radius 1 is 1.25 bits per heavy atom. The third-order valence-electron chi connectivity index (χ3n) is 5.06. The molecule has 6 heteroatoms. The van der Waals surface area contributed by atoms with Crippen LogP contribution in [-0.2, 0) is 11.3 Å². The fraction of sp³-hybridized carbons (Fsp3) is 0.409. The Kier molecular flexibility index (Phi) is 6.41. The minimum atomic E-state index is -0.0250. The van der Waals surface area contributed by atoms with E-state index in [2.05, 4.69) is 10.3 Å². The Morgan fingerprint density at radius 2 is 2.00 bits per heavy atom. The van der Waals surface area contributed by atoms with Crippen LogP contribution in [0.15, 0.2) is 48.8 Å². The van der Waals surface area contributed by atoms with E-state index in [9.17, 15) is 9.59 Å². The van der Waals surface area contributed by atoms with Gasteiger partial charge in [0.25, 0.3) is 5.91 Å². The molecule has 1 aliphatic heterocycles. The van der Waals surface area contributed by atoms with Gasteiger partial charge in [-0.3, -0.25) is 14.6 Å². The van der Waals surface area contributed by atoms with Gasteiger partial charge in [-0.05, 0) is 29.3 Å². The Labute approximate surface area is 166 Å². The normalized spacial score (nSPS) is 16.9. The van der Waals surface area contributed by atoms with Crippen molar-refractivity contribution in [1.29, 1.82) is 0 Å². The smallest absolute Gasteiger partial charge is 0.254 e. The number of piperazine rings is 1. The second-order valence-corrected chi connectivity index (χ2v) is 7.55. The fourth-order valence-corrected chi connectivity index (χ4v) is 3.53. The molecule has 1 aromatic carbocycles. The van der Waals surface area contributed by atoms with Crippen molar-refractivity contribution < 1.29 is 9.59 Å². The Bertz CT molecular complexity index is 805. The molecule has 1 N–H and O–H groups in total. The van der Waals surface area contributed by atoms with Crippen LogP contribution >= 0.6 is 0 Å². The van der Waals surface area contributed by atoms with Crippen LogP contribution in [0.3, 0.4) is 0 Å². The van der Waals surface area contributed by atoms with Crippen molar-refractivity contribution >= 4 is 11.8 Å². The van der Waals surface area contributed by atoms with Crippen molar-refractivity contribution in [3.63, 3.8) is 0 Å². The molecule has 2 aromatic rings. The third kappa shape index (κ3) is 4.57. The van der Waals surface area contributed by atoms with Crippen molar-refractivity contribution in [2.45, 2.75) is 26.4 Å². The predicted octanol–water partition coefficient (Wildman–Crippen LogP) is 2.48. The summed E-state index contributed by atoms with van der Waals surface area (Å²) in [6.45, 7) is 6.49. The standard InChI is InChI=1S/C22H28N4O2/c1-16(2)21(27)25(3)15-17-6-8-18(9-7-17)22(28)26-12-11-24-14-20(26)19-5-4-10-23-13-19/h4-10,13,16,20,24H,11-12,14-15H2,1-3H3. The maximum Gasteiger partial charge on any atom is 0.254 e. The number of amides is 2. The monoisotopic (exact) mass is 380 g/mol. The lowest BCUT2D eigenvalue weighted by atomic mass is 10.0. The van der Waals surface area contributed by atoms with Gasteiger partial charge in [0, 0.05) is 57.1 Å². The topological polar surface area (TPSA) is 65.5 Å². The van der Waals surface area contributed by atoms with Gasteiger partial charge in [0.15, 0.2) is 0 Å². The van der Waals surface area contributed by atoms with Gasteiger partial charge in [-0.2, -0.15) is 0 Å². The quantitative estimate of drug-likeness (QED) is 0.866. The lowest BCUT2D eigenvalue weighted by Gasteiger charge is -2.36. The molecule has 0 spiro atoms. The number of rotatable bonds is 5. The van der Waals surface area contributed by atoms with Crippen molar-refractivity contribution in [2.75, 3.05) is 26.7 Å². The van der Waals surface area contributed by atoms with Crippen molar-refractivity contribution in [2.24, 2.45) is 5.92 Å². The zero-order valence-corrected chi connectivity index (χ0v) is 16.8. The van der Waals surface area contributed by atoms with Gasteiger partial charge in [-0.25, -0.2) is 0 Å². The Morgan fingerprint density at radius 3 is 2.64 bits per heavy atom. The molecule has 6 nitrogen and oxygen atoms in total. The van der Waals surface area contributed by atoms with Crippen LogP contribution in [0.2, 0.25) is 0 Å². The van der Waals surface area contributed by atoms with Gasteiger partial charge in [0.05, 0.1) is 6.04 Å². The highest BCUT2D eigenvalue weighted by molar-refractivity contribution is 5.94. The first-order valence-electron chi connectivity index (χ1n) is 9.73. The van der Waals surface area contributed by atoms with Gasteiger partial charge in [-0.15, -0.1) is 0 Å². The van der Waals surface area contributed by atoms with Gasteiger partial charge in [0.2, 0.25) is 5.91 Å². The maximum atomic E-state index is 13.1. The highest BCUT2D eigenvalue weighted by Crippen LogP contribution is 2.23. The van der Waals surface area contributed by atoms with E-state index >= 15 is 0 Å². The third-order valence-corrected chi connectivity index (χ3v) is 5.06. The molecule has 1 fully saturated rings. The van der Waals surface area contributed by atoms with E-state index in [0.29, 0.717) is 18.7 Å². The van der Waals surface area contributed by atoms with Crippen LogP contribution in [0.4, 0.5) is 0 Å². The number of aromatic nitrogens is 1. The molecule has 28 heavy (non-hydrogen) atoms. The molecule has 0 saturated carbocycles. The molecule has 1 unspecified atom stereocenters. The summed E-state index contributed by atoms with van der Waals surface area (Å²) >= 11 is 0. The van der Waals surface area contributed by atoms with E-state index in [0.717, 1.165) is 24.2 Å². The largest absolute Gasteiger partial charge is 0.341 e. The van der Waals surface area contributed by atoms with Crippen LogP contribution in [-0.4, -0.2) is 53.3 Å². The van der Waals surface area contributed by atoms with E-state index < -0.39 is 0 Å². The molecule has 0 aliphatic carbocycles. The second kappa shape index (κ2) is 8.97. The van der Waals surface area contributed by atoms with Crippen LogP contribution in [0.5, 0.6) is 0 Å². The van der Waals surface area contributed by atoms with E-state index in [4.69, 9.17) is 0 Å². The van der Waals surface area contributed by atoms with Gasteiger partial charge >= 0.3 is 0 Å². The van der Waals surface area contributed by atoms with Gasteiger partial charge < -0.3 is 15.1 Å². The number of nitrogens with one attached hydrogen (secondary N) is 1. The second-order valence-electron chi connectivity index (χ2n) is 7.55. The molecule has 2 amide bonds. The molecule has 1 aliphatic rings. The number of carbonyl (C=O) groups excluding carboxylic acids is 2. The molecular formula is C22H28N4O2. The summed E-state index contributed by atoms with van der Waals surface area (Å²) in [6, 6.07) is 11.5. The first-order chi connectivity index (χ1) is 13.5. The van der Waals surface area contributed by atoms with Crippen LogP contribution in [0.1, 0.15) is 41.4 Å². The number of nitrogens with zero attached hydrogens (tertiary/aromatic N) is 3. The summed E-state index contributed by atoms with van der Waals surface area (Å²) in [7, 11) is 1.81. The van der Waals surface area contributed by atoms with E-state index in [1.165, 1.54) is 0 Å². The summed E-state index contributed by atoms with van der Waals surface area (Å²) in [4.78, 5) is 33.0. The van der Waals surface area contributed by atoms with Gasteiger partial charge in [-0.1, -0.05) is 32.0 Å². The maximum absolute atomic E-state index is 13.1. The number of hydrogen-bond acceptors (Lipinski definition) is 4. The lowest BCUT2D eigenvalue weighted by Crippen LogP contribution is -2.48.